The lowest BCUT2D eigenvalue weighted by Gasteiger charge is -2.30. The van der Waals surface area contributed by atoms with Crippen LogP contribution in [0.4, 0.5) is 0 Å². The van der Waals surface area contributed by atoms with E-state index in [1.54, 1.807) is 10.6 Å². The molecule has 0 radical (unpaired) electrons. The van der Waals surface area contributed by atoms with Gasteiger partial charge in [0, 0.05) is 13.0 Å². The van der Waals surface area contributed by atoms with Crippen molar-refractivity contribution >= 4 is 16.8 Å². The van der Waals surface area contributed by atoms with E-state index < -0.39 is 0 Å². The second-order valence-corrected chi connectivity index (χ2v) is 7.43. The number of para-hydroxylation sites is 2. The van der Waals surface area contributed by atoms with E-state index in [0.717, 1.165) is 24.1 Å². The normalized spacial score (nSPS) is 12.1. The second-order valence-electron chi connectivity index (χ2n) is 7.43. The molecule has 0 N–H and O–H groups in total. The molecule has 3 aromatic rings. The number of hydrogen-bond acceptors (Lipinski definition) is 3. The molecule has 0 saturated heterocycles. The van der Waals surface area contributed by atoms with E-state index >= 15 is 0 Å². The van der Waals surface area contributed by atoms with Gasteiger partial charge >= 0.3 is 0 Å². The first-order chi connectivity index (χ1) is 14.0. The standard InChI is InChI=1S/C24H29N3O2/c1-5-11-22(28)26(16-6-2)18(4)23-25-20-14-9-8-13-19(20)24(29)27(23)21-15-10-7-12-17(21)3/h7-10,12-15,18H,5-6,11,16H2,1-4H3. The molecule has 3 rings (SSSR count). The third-order valence-electron chi connectivity index (χ3n) is 5.25. The third kappa shape index (κ3) is 4.09. The molecule has 5 heteroatoms. The molecule has 0 aliphatic carbocycles. The number of rotatable bonds is 7. The number of aromatic nitrogens is 2. The molecule has 1 aromatic heterocycles. The fourth-order valence-corrected chi connectivity index (χ4v) is 3.75. The highest BCUT2D eigenvalue weighted by Crippen LogP contribution is 2.25. The highest BCUT2D eigenvalue weighted by Gasteiger charge is 2.26. The summed E-state index contributed by atoms with van der Waals surface area (Å²) in [6.07, 6.45) is 2.13. The van der Waals surface area contributed by atoms with Crippen LogP contribution in [-0.2, 0) is 4.79 Å². The lowest BCUT2D eigenvalue weighted by Crippen LogP contribution is -2.38. The van der Waals surface area contributed by atoms with E-state index in [1.807, 2.05) is 68.1 Å². The van der Waals surface area contributed by atoms with Crippen molar-refractivity contribution in [3.63, 3.8) is 0 Å². The van der Waals surface area contributed by atoms with E-state index in [4.69, 9.17) is 4.98 Å². The van der Waals surface area contributed by atoms with Crippen LogP contribution in [0.25, 0.3) is 16.6 Å². The predicted molar refractivity (Wildman–Crippen MR) is 117 cm³/mol. The van der Waals surface area contributed by atoms with Crippen molar-refractivity contribution in [3.05, 3.63) is 70.3 Å². The summed E-state index contributed by atoms with van der Waals surface area (Å²) >= 11 is 0. The van der Waals surface area contributed by atoms with Crippen LogP contribution in [0.5, 0.6) is 0 Å². The number of nitrogens with zero attached hydrogens (tertiary/aromatic N) is 3. The van der Waals surface area contributed by atoms with Crippen molar-refractivity contribution in [3.8, 4) is 5.69 Å². The molecule has 5 nitrogen and oxygen atoms in total. The Morgan fingerprint density at radius 3 is 2.45 bits per heavy atom. The first-order valence-electron chi connectivity index (χ1n) is 10.4. The molecule has 0 aliphatic heterocycles. The first-order valence-corrected chi connectivity index (χ1v) is 10.4. The number of hydrogen-bond donors (Lipinski definition) is 0. The van der Waals surface area contributed by atoms with Crippen molar-refractivity contribution < 1.29 is 4.79 Å². The van der Waals surface area contributed by atoms with Gasteiger partial charge in [-0.2, -0.15) is 0 Å². The van der Waals surface area contributed by atoms with Gasteiger partial charge in [0.2, 0.25) is 5.91 Å². The van der Waals surface area contributed by atoms with Crippen LogP contribution in [0.2, 0.25) is 0 Å². The number of fused-ring (bicyclic) bond motifs is 1. The number of amides is 1. The summed E-state index contributed by atoms with van der Waals surface area (Å²) in [4.78, 5) is 33.0. The molecule has 0 fully saturated rings. The average molecular weight is 392 g/mol. The van der Waals surface area contributed by atoms with E-state index in [9.17, 15) is 9.59 Å². The fourth-order valence-electron chi connectivity index (χ4n) is 3.75. The van der Waals surface area contributed by atoms with Crippen molar-refractivity contribution in [1.82, 2.24) is 14.5 Å². The van der Waals surface area contributed by atoms with Crippen LogP contribution >= 0.6 is 0 Å². The monoisotopic (exact) mass is 391 g/mol. The third-order valence-corrected chi connectivity index (χ3v) is 5.25. The number of carbonyl (C=O) groups is 1. The molecule has 0 aliphatic rings. The Bertz CT molecular complexity index is 1070. The SMILES string of the molecule is CCCC(=O)N(CCC)C(C)c1nc2ccccc2c(=O)n1-c1ccccc1C. The summed E-state index contributed by atoms with van der Waals surface area (Å²) in [6, 6.07) is 14.9. The van der Waals surface area contributed by atoms with Crippen LogP contribution in [0.1, 0.15) is 57.5 Å². The summed E-state index contributed by atoms with van der Waals surface area (Å²) in [5.41, 5.74) is 2.34. The molecule has 0 bridgehead atoms. The molecular formula is C24H29N3O2. The summed E-state index contributed by atoms with van der Waals surface area (Å²) in [5, 5.41) is 0.577. The zero-order valence-corrected chi connectivity index (χ0v) is 17.7. The van der Waals surface area contributed by atoms with Gasteiger partial charge in [-0.05, 0) is 50.5 Å². The predicted octanol–water partition coefficient (Wildman–Crippen LogP) is 4.79. The van der Waals surface area contributed by atoms with Gasteiger partial charge in [0.25, 0.3) is 5.56 Å². The lowest BCUT2D eigenvalue weighted by molar-refractivity contribution is -0.133. The van der Waals surface area contributed by atoms with Crippen LogP contribution in [-0.4, -0.2) is 26.9 Å². The van der Waals surface area contributed by atoms with Crippen molar-refractivity contribution in [2.75, 3.05) is 6.54 Å². The van der Waals surface area contributed by atoms with E-state index in [1.165, 1.54) is 0 Å². The molecule has 1 unspecified atom stereocenters. The highest BCUT2D eigenvalue weighted by atomic mass is 16.2. The maximum atomic E-state index is 13.5. The number of benzene rings is 2. The Kier molecular flexibility index (Phi) is 6.47. The minimum absolute atomic E-state index is 0.0978. The average Bonchev–Trinajstić information content (AvgIpc) is 2.72. The van der Waals surface area contributed by atoms with Gasteiger partial charge in [-0.25, -0.2) is 4.98 Å². The zero-order valence-electron chi connectivity index (χ0n) is 17.7. The summed E-state index contributed by atoms with van der Waals surface area (Å²) in [5.74, 6) is 0.696. The summed E-state index contributed by atoms with van der Waals surface area (Å²) in [7, 11) is 0. The van der Waals surface area contributed by atoms with Gasteiger partial charge in [-0.15, -0.1) is 0 Å². The molecule has 29 heavy (non-hydrogen) atoms. The molecule has 1 amide bonds. The van der Waals surface area contributed by atoms with Gasteiger partial charge in [0.15, 0.2) is 0 Å². The van der Waals surface area contributed by atoms with Gasteiger partial charge in [-0.1, -0.05) is 44.2 Å². The van der Waals surface area contributed by atoms with Gasteiger partial charge < -0.3 is 4.90 Å². The smallest absolute Gasteiger partial charge is 0.266 e. The zero-order chi connectivity index (χ0) is 21.0. The van der Waals surface area contributed by atoms with Crippen molar-refractivity contribution in [2.45, 2.75) is 53.0 Å². The first kappa shape index (κ1) is 20.8. The molecule has 2 aromatic carbocycles. The Morgan fingerprint density at radius 2 is 1.76 bits per heavy atom. The van der Waals surface area contributed by atoms with Crippen molar-refractivity contribution in [2.24, 2.45) is 0 Å². The van der Waals surface area contributed by atoms with Gasteiger partial charge in [0.05, 0.1) is 22.6 Å². The quantitative estimate of drug-likeness (QED) is 0.582. The topological polar surface area (TPSA) is 55.2 Å². The minimum Gasteiger partial charge on any atom is -0.333 e. The molecule has 1 heterocycles. The second kappa shape index (κ2) is 9.03. The van der Waals surface area contributed by atoms with Gasteiger partial charge in [0.1, 0.15) is 5.82 Å². The number of carbonyl (C=O) groups excluding carboxylic acids is 1. The Labute approximate surface area is 172 Å². The maximum absolute atomic E-state index is 13.5. The summed E-state index contributed by atoms with van der Waals surface area (Å²) < 4.78 is 1.68. The van der Waals surface area contributed by atoms with Crippen LogP contribution in [0, 0.1) is 6.92 Å². The Hall–Kier alpha value is -2.95. The fraction of sp³-hybridized carbons (Fsp3) is 0.375. The molecule has 0 saturated carbocycles. The van der Waals surface area contributed by atoms with Crippen molar-refractivity contribution in [1.29, 1.82) is 0 Å². The molecular weight excluding hydrogens is 362 g/mol. The Balaban J connectivity index is 2.28. The van der Waals surface area contributed by atoms with Crippen LogP contribution < -0.4 is 5.56 Å². The largest absolute Gasteiger partial charge is 0.333 e. The van der Waals surface area contributed by atoms with E-state index in [2.05, 4.69) is 6.92 Å². The maximum Gasteiger partial charge on any atom is 0.266 e. The van der Waals surface area contributed by atoms with Gasteiger partial charge in [-0.3, -0.25) is 14.2 Å². The highest BCUT2D eigenvalue weighted by molar-refractivity contribution is 5.79. The van der Waals surface area contributed by atoms with Crippen LogP contribution in [0.15, 0.2) is 53.3 Å². The van der Waals surface area contributed by atoms with E-state index in [0.29, 0.717) is 29.7 Å². The minimum atomic E-state index is -0.314. The van der Waals surface area contributed by atoms with Crippen LogP contribution in [0.3, 0.4) is 0 Å². The number of aryl methyl sites for hydroxylation is 1. The van der Waals surface area contributed by atoms with E-state index in [-0.39, 0.29) is 17.5 Å². The molecule has 1 atom stereocenters. The molecule has 0 spiro atoms. The summed E-state index contributed by atoms with van der Waals surface area (Å²) in [6.45, 7) is 8.65. The Morgan fingerprint density at radius 1 is 1.07 bits per heavy atom. The molecule has 152 valence electrons. The lowest BCUT2D eigenvalue weighted by atomic mass is 10.1.